The minimum absolute atomic E-state index is 0.189. The van der Waals surface area contributed by atoms with E-state index in [0.29, 0.717) is 34.9 Å². The second-order valence-corrected chi connectivity index (χ2v) is 38.8. The smallest absolute Gasteiger partial charge is 0.221 e. The number of hydrogen-bond acceptors (Lipinski definition) is 6. The van der Waals surface area contributed by atoms with E-state index >= 15 is 0 Å². The van der Waals surface area contributed by atoms with Crippen molar-refractivity contribution in [3.05, 3.63) is 69.7 Å². The Labute approximate surface area is 339 Å². The Kier molecular flexibility index (Phi) is 15.3. The average molecular weight is 920 g/mol. The molecule has 0 bridgehead atoms. The molecule has 2 fully saturated rings. The Hall–Kier alpha value is 0.0875. The molecule has 0 radical (unpaired) electrons. The average Bonchev–Trinajstić information content (AvgIpc) is 2.99. The molecule has 2 aromatic rings. The van der Waals surface area contributed by atoms with Gasteiger partial charge in [0.05, 0.1) is 13.2 Å². The van der Waals surface area contributed by atoms with Crippen LogP contribution in [0.15, 0.2) is 42.5 Å². The molecular formula is C40H68ClIO6Si4. The molecule has 52 heavy (non-hydrogen) atoms. The molecule has 6 nitrogen and oxygen atoms in total. The summed E-state index contributed by atoms with van der Waals surface area (Å²) in [5.41, 5.74) is 4.83. The van der Waals surface area contributed by atoms with E-state index in [1.807, 2.05) is 18.2 Å². The molecule has 1 spiro atoms. The number of alkyl halides is 1. The molecule has 4 rings (SSSR count). The fraction of sp³-hybridized carbons (Fsp3) is 0.700. The van der Waals surface area contributed by atoms with Crippen LogP contribution in [-0.4, -0.2) is 67.9 Å². The first-order chi connectivity index (χ1) is 23.9. The predicted octanol–water partition coefficient (Wildman–Crippen LogP) is 11.8. The van der Waals surface area contributed by atoms with Crippen LogP contribution >= 0.6 is 34.2 Å². The maximum absolute atomic E-state index is 13.1. The summed E-state index contributed by atoms with van der Waals surface area (Å²) < 4.78 is 33.1. The first kappa shape index (κ1) is 44.8. The van der Waals surface area contributed by atoms with Crippen LogP contribution in [0, 0.1) is 5.41 Å². The van der Waals surface area contributed by atoms with Gasteiger partial charge in [0.15, 0.2) is 33.3 Å². The molecule has 2 saturated carbocycles. The van der Waals surface area contributed by atoms with Crippen LogP contribution in [0.5, 0.6) is 0 Å². The van der Waals surface area contributed by atoms with E-state index in [0.717, 1.165) is 5.56 Å². The third-order valence-electron chi connectivity index (χ3n) is 10.1. The van der Waals surface area contributed by atoms with Gasteiger partial charge in [-0.1, -0.05) is 48.4 Å². The SMILES string of the molecule is C[Si](C)(C)OCCOC(O)(c1ccc(Cl)c(Cc2ccc(C3CCC4(CCC4)CC3)cc2)c1)[C@H](O[Si](C)(C)C)[C@@H](O[Si](C)(C)C)[C@@H](I)O[Si](C)(C)C. The first-order valence-electron chi connectivity index (χ1n) is 19.4. The topological polar surface area (TPSA) is 66.4 Å². The summed E-state index contributed by atoms with van der Waals surface area (Å²) in [4.78, 5) is 0. The highest BCUT2D eigenvalue weighted by Gasteiger charge is 2.51. The summed E-state index contributed by atoms with van der Waals surface area (Å²) in [5, 5.41) is 13.8. The zero-order chi connectivity index (χ0) is 38.8. The van der Waals surface area contributed by atoms with Crippen molar-refractivity contribution in [3.8, 4) is 0 Å². The van der Waals surface area contributed by atoms with Gasteiger partial charge in [-0.15, -0.1) is 0 Å². The predicted molar refractivity (Wildman–Crippen MR) is 236 cm³/mol. The van der Waals surface area contributed by atoms with Gasteiger partial charge < -0.3 is 27.5 Å². The number of rotatable bonds is 18. The molecule has 0 heterocycles. The summed E-state index contributed by atoms with van der Waals surface area (Å²) in [6, 6.07) is 14.9. The summed E-state index contributed by atoms with van der Waals surface area (Å²) in [7, 11) is -8.30. The van der Waals surface area contributed by atoms with Crippen LogP contribution < -0.4 is 0 Å². The van der Waals surface area contributed by atoms with E-state index in [2.05, 4.69) is 125 Å². The molecule has 0 aliphatic heterocycles. The number of halogens is 2. The lowest BCUT2D eigenvalue weighted by molar-refractivity contribution is -0.281. The number of aliphatic hydroxyl groups is 1. The van der Waals surface area contributed by atoms with Gasteiger partial charge in [-0.25, -0.2) is 0 Å². The molecule has 2 aliphatic rings. The molecule has 1 N–H and O–H groups in total. The van der Waals surface area contributed by atoms with Crippen LogP contribution in [0.25, 0.3) is 0 Å². The van der Waals surface area contributed by atoms with Gasteiger partial charge in [-0.05, 0) is 186 Å². The normalized spacial score (nSPS) is 20.3. The summed E-state index contributed by atoms with van der Waals surface area (Å²) in [6.07, 6.45) is 8.83. The van der Waals surface area contributed by atoms with Crippen molar-refractivity contribution in [1.82, 2.24) is 0 Å². The Bertz CT molecular complexity index is 1440. The number of ether oxygens (including phenoxy) is 1. The fourth-order valence-electron chi connectivity index (χ4n) is 7.49. The minimum atomic E-state index is -2.30. The van der Waals surface area contributed by atoms with Crippen LogP contribution in [0.2, 0.25) is 83.6 Å². The lowest BCUT2D eigenvalue weighted by atomic mass is 9.58. The van der Waals surface area contributed by atoms with E-state index in [-0.39, 0.29) is 10.7 Å². The lowest BCUT2D eigenvalue weighted by Gasteiger charge is -2.47. The highest BCUT2D eigenvalue weighted by atomic mass is 127. The second-order valence-electron chi connectivity index (χ2n) is 19.3. The quantitative estimate of drug-likeness (QED) is 0.0528. The van der Waals surface area contributed by atoms with E-state index in [9.17, 15) is 5.11 Å². The third kappa shape index (κ3) is 13.3. The van der Waals surface area contributed by atoms with Gasteiger partial charge in [-0.3, -0.25) is 0 Å². The molecule has 0 saturated heterocycles. The standard InChI is InChI=1S/C40H68ClIO6Si4/c1-49(2,3)45-27-26-44-40(43,37(47-51(7,8)9)36(46-50(4,5)6)38(42)48-52(10,11)12)34-18-19-35(41)33(29-34)28-30-14-16-31(17-15-30)32-20-24-39(25-21-32)22-13-23-39/h14-19,29,32,36-38,43H,13,20-28H2,1-12H3/t36-,37-,38+,40?/m1/s1. The van der Waals surface area contributed by atoms with E-state index in [1.54, 1.807) is 0 Å². The van der Waals surface area contributed by atoms with Gasteiger partial charge in [0.2, 0.25) is 5.79 Å². The number of hydrogen-bond donors (Lipinski definition) is 1. The summed E-state index contributed by atoms with van der Waals surface area (Å²) >= 11 is 9.27. The second kappa shape index (κ2) is 17.7. The number of benzene rings is 2. The van der Waals surface area contributed by atoms with Crippen molar-refractivity contribution in [1.29, 1.82) is 0 Å². The van der Waals surface area contributed by atoms with E-state index < -0.39 is 51.3 Å². The Morgan fingerprint density at radius 2 is 1.35 bits per heavy atom. The van der Waals surface area contributed by atoms with Crippen molar-refractivity contribution in [2.75, 3.05) is 13.2 Å². The summed E-state index contributed by atoms with van der Waals surface area (Å²) in [6.45, 7) is 26.4. The van der Waals surface area contributed by atoms with Crippen LogP contribution in [-0.2, 0) is 34.6 Å². The van der Waals surface area contributed by atoms with Gasteiger partial charge in [0.25, 0.3) is 0 Å². The Morgan fingerprint density at radius 3 is 1.85 bits per heavy atom. The molecule has 1 unspecified atom stereocenters. The van der Waals surface area contributed by atoms with E-state index in [4.69, 9.17) is 34.0 Å². The Balaban J connectivity index is 1.70. The van der Waals surface area contributed by atoms with Gasteiger partial charge in [0.1, 0.15) is 16.3 Å². The molecule has 2 aromatic carbocycles. The maximum Gasteiger partial charge on any atom is 0.221 e. The monoisotopic (exact) mass is 918 g/mol. The van der Waals surface area contributed by atoms with Crippen molar-refractivity contribution in [2.45, 2.75) is 158 Å². The van der Waals surface area contributed by atoms with Crippen molar-refractivity contribution >= 4 is 67.5 Å². The molecule has 2 aliphatic carbocycles. The van der Waals surface area contributed by atoms with Crippen LogP contribution in [0.3, 0.4) is 0 Å². The van der Waals surface area contributed by atoms with E-state index in [1.165, 1.54) is 56.1 Å². The van der Waals surface area contributed by atoms with Gasteiger partial charge in [-0.2, -0.15) is 0 Å². The van der Waals surface area contributed by atoms with Crippen molar-refractivity contribution in [2.24, 2.45) is 5.41 Å². The van der Waals surface area contributed by atoms with Crippen molar-refractivity contribution in [3.63, 3.8) is 0 Å². The molecule has 0 amide bonds. The maximum atomic E-state index is 13.1. The Morgan fingerprint density at radius 1 is 0.769 bits per heavy atom. The van der Waals surface area contributed by atoms with Gasteiger partial charge in [0, 0.05) is 10.6 Å². The molecule has 4 atom stereocenters. The fourth-order valence-corrected chi connectivity index (χ4v) is 14.4. The highest BCUT2D eigenvalue weighted by molar-refractivity contribution is 14.1. The third-order valence-corrected chi connectivity index (χ3v) is 15.9. The molecule has 0 aromatic heterocycles. The zero-order valence-corrected chi connectivity index (χ0v) is 41.1. The van der Waals surface area contributed by atoms with Crippen LogP contribution in [0.4, 0.5) is 0 Å². The van der Waals surface area contributed by atoms with Gasteiger partial charge >= 0.3 is 0 Å². The molecular weight excluding hydrogens is 851 g/mol. The molecule has 12 heteroatoms. The minimum Gasteiger partial charge on any atom is -0.415 e. The summed E-state index contributed by atoms with van der Waals surface area (Å²) in [5.74, 6) is -1.22. The van der Waals surface area contributed by atoms with Crippen LogP contribution in [0.1, 0.15) is 73.1 Å². The zero-order valence-electron chi connectivity index (χ0n) is 34.2. The molecule has 294 valence electrons. The highest BCUT2D eigenvalue weighted by Crippen LogP contribution is 2.54. The largest absolute Gasteiger partial charge is 0.415 e. The lowest BCUT2D eigenvalue weighted by Crippen LogP contribution is -2.60. The van der Waals surface area contributed by atoms with Crippen molar-refractivity contribution < 1.29 is 27.5 Å². The first-order valence-corrected chi connectivity index (χ1v) is 34.7.